The minimum atomic E-state index is -0.859. The minimum absolute atomic E-state index is 0.313. The summed E-state index contributed by atoms with van der Waals surface area (Å²) in [7, 11) is 1.63. The molecule has 1 N–H and O–H groups in total. The number of amides is 1. The maximum atomic E-state index is 12.1. The highest BCUT2D eigenvalue weighted by molar-refractivity contribution is 5.92. The first-order valence-electron chi connectivity index (χ1n) is 9.83. The lowest BCUT2D eigenvalue weighted by Gasteiger charge is -2.12. The number of rotatable bonds is 8. The van der Waals surface area contributed by atoms with Crippen LogP contribution in [0.2, 0.25) is 0 Å². The number of esters is 1. The molecule has 3 rings (SSSR count). The van der Waals surface area contributed by atoms with Crippen LogP contribution in [0.4, 0.5) is 0 Å². The fourth-order valence-corrected chi connectivity index (χ4v) is 3.02. The topological polar surface area (TPSA) is 64.6 Å². The van der Waals surface area contributed by atoms with Crippen molar-refractivity contribution in [2.45, 2.75) is 19.4 Å². The van der Waals surface area contributed by atoms with E-state index in [2.05, 4.69) is 5.32 Å². The first-order valence-corrected chi connectivity index (χ1v) is 9.83. The standard InChI is InChI=1S/C25H25NO4/c1-18(25(28)26-15-14-19-6-4-3-5-7-19)30-24(27)13-9-20-8-10-22-17-23(29-2)12-11-21(22)16-20/h3-13,16-18H,14-15H2,1-2H3,(H,26,28)/b13-9+/t18-/m1/s1. The van der Waals surface area contributed by atoms with Gasteiger partial charge in [0.15, 0.2) is 6.10 Å². The maximum absolute atomic E-state index is 12.1. The lowest BCUT2D eigenvalue weighted by atomic mass is 10.1. The van der Waals surface area contributed by atoms with Crippen LogP contribution in [0.3, 0.4) is 0 Å². The van der Waals surface area contributed by atoms with Crippen molar-refractivity contribution >= 4 is 28.7 Å². The highest BCUT2D eigenvalue weighted by Crippen LogP contribution is 2.22. The molecule has 5 nitrogen and oxygen atoms in total. The van der Waals surface area contributed by atoms with E-state index in [4.69, 9.17) is 9.47 Å². The zero-order valence-electron chi connectivity index (χ0n) is 17.1. The Bertz CT molecular complexity index is 1040. The molecule has 0 aromatic heterocycles. The third-order valence-electron chi connectivity index (χ3n) is 4.70. The number of hydrogen-bond donors (Lipinski definition) is 1. The zero-order chi connectivity index (χ0) is 21.3. The molecule has 0 heterocycles. The SMILES string of the molecule is COc1ccc2cc(/C=C/C(=O)O[C@H](C)C(=O)NCCc3ccccc3)ccc2c1. The van der Waals surface area contributed by atoms with E-state index in [0.29, 0.717) is 6.54 Å². The van der Waals surface area contributed by atoms with Gasteiger partial charge in [-0.05, 0) is 59.5 Å². The quantitative estimate of drug-likeness (QED) is 0.453. The summed E-state index contributed by atoms with van der Waals surface area (Å²) in [4.78, 5) is 24.2. The first kappa shape index (κ1) is 21.1. The molecule has 0 saturated carbocycles. The molecule has 0 fully saturated rings. The van der Waals surface area contributed by atoms with Gasteiger partial charge in [-0.25, -0.2) is 4.79 Å². The van der Waals surface area contributed by atoms with E-state index >= 15 is 0 Å². The van der Waals surface area contributed by atoms with Gasteiger partial charge in [0.25, 0.3) is 5.91 Å². The fourth-order valence-electron chi connectivity index (χ4n) is 3.02. The van der Waals surface area contributed by atoms with Crippen molar-refractivity contribution in [3.63, 3.8) is 0 Å². The largest absolute Gasteiger partial charge is 0.497 e. The van der Waals surface area contributed by atoms with Crippen LogP contribution in [-0.2, 0) is 20.7 Å². The van der Waals surface area contributed by atoms with Crippen LogP contribution in [0.5, 0.6) is 5.75 Å². The van der Waals surface area contributed by atoms with Crippen molar-refractivity contribution in [3.8, 4) is 5.75 Å². The molecule has 0 spiro atoms. The Morgan fingerprint density at radius 3 is 2.50 bits per heavy atom. The van der Waals surface area contributed by atoms with E-state index < -0.39 is 12.1 Å². The molecule has 5 heteroatoms. The van der Waals surface area contributed by atoms with Crippen molar-refractivity contribution < 1.29 is 19.1 Å². The molecule has 0 aliphatic rings. The number of hydrogen-bond acceptors (Lipinski definition) is 4. The summed E-state index contributed by atoms with van der Waals surface area (Å²) < 4.78 is 10.4. The predicted octanol–water partition coefficient (Wildman–Crippen LogP) is 4.15. The highest BCUT2D eigenvalue weighted by atomic mass is 16.5. The summed E-state index contributed by atoms with van der Waals surface area (Å²) in [6.45, 7) is 2.05. The number of carbonyl (C=O) groups excluding carboxylic acids is 2. The number of carbonyl (C=O) groups is 2. The number of fused-ring (bicyclic) bond motifs is 1. The second-order valence-electron chi connectivity index (χ2n) is 6.91. The third-order valence-corrected chi connectivity index (χ3v) is 4.70. The van der Waals surface area contributed by atoms with Gasteiger partial charge in [-0.2, -0.15) is 0 Å². The highest BCUT2D eigenvalue weighted by Gasteiger charge is 2.15. The zero-order valence-corrected chi connectivity index (χ0v) is 17.1. The van der Waals surface area contributed by atoms with Crippen molar-refractivity contribution in [1.29, 1.82) is 0 Å². The molecule has 3 aromatic rings. The molecule has 0 radical (unpaired) electrons. The molecule has 30 heavy (non-hydrogen) atoms. The Morgan fingerprint density at radius 2 is 1.73 bits per heavy atom. The molecule has 0 bridgehead atoms. The summed E-state index contributed by atoms with van der Waals surface area (Å²) in [6.07, 6.45) is 2.87. The molecular formula is C25H25NO4. The average molecular weight is 403 g/mol. The van der Waals surface area contributed by atoms with Crippen molar-refractivity contribution in [2.24, 2.45) is 0 Å². The maximum Gasteiger partial charge on any atom is 0.331 e. The van der Waals surface area contributed by atoms with Crippen LogP contribution < -0.4 is 10.1 Å². The van der Waals surface area contributed by atoms with Gasteiger partial charge in [0.1, 0.15) is 5.75 Å². The summed E-state index contributed by atoms with van der Waals surface area (Å²) in [5, 5.41) is 4.88. The predicted molar refractivity (Wildman–Crippen MR) is 118 cm³/mol. The summed E-state index contributed by atoms with van der Waals surface area (Å²) >= 11 is 0. The molecule has 1 amide bonds. The van der Waals surface area contributed by atoms with Gasteiger partial charge < -0.3 is 14.8 Å². The van der Waals surface area contributed by atoms with Crippen LogP contribution in [-0.4, -0.2) is 31.6 Å². The number of benzene rings is 3. The van der Waals surface area contributed by atoms with Crippen molar-refractivity contribution in [1.82, 2.24) is 5.32 Å². The fraction of sp³-hybridized carbons (Fsp3) is 0.200. The Labute approximate surface area is 176 Å². The lowest BCUT2D eigenvalue weighted by molar-refractivity contribution is -0.150. The van der Waals surface area contributed by atoms with Gasteiger partial charge >= 0.3 is 5.97 Å². The van der Waals surface area contributed by atoms with Crippen LogP contribution >= 0.6 is 0 Å². The van der Waals surface area contributed by atoms with Gasteiger partial charge in [-0.3, -0.25) is 4.79 Å². The minimum Gasteiger partial charge on any atom is -0.497 e. The number of nitrogens with one attached hydrogen (secondary N) is 1. The Hall–Kier alpha value is -3.60. The van der Waals surface area contributed by atoms with Gasteiger partial charge in [0.05, 0.1) is 7.11 Å². The molecule has 0 aliphatic heterocycles. The van der Waals surface area contributed by atoms with E-state index in [1.54, 1.807) is 20.1 Å². The van der Waals surface area contributed by atoms with E-state index in [9.17, 15) is 9.59 Å². The second-order valence-corrected chi connectivity index (χ2v) is 6.91. The normalized spacial score (nSPS) is 11.9. The van der Waals surface area contributed by atoms with Crippen molar-refractivity contribution in [3.05, 3.63) is 83.9 Å². The lowest BCUT2D eigenvalue weighted by Crippen LogP contribution is -2.36. The molecule has 0 unspecified atom stereocenters. The number of ether oxygens (including phenoxy) is 2. The third kappa shape index (κ3) is 5.95. The second kappa shape index (κ2) is 10.3. The van der Waals surface area contributed by atoms with Gasteiger partial charge in [0.2, 0.25) is 0 Å². The Balaban J connectivity index is 1.49. The molecule has 154 valence electrons. The Kier molecular flexibility index (Phi) is 7.22. The van der Waals surface area contributed by atoms with E-state index in [-0.39, 0.29) is 5.91 Å². The molecule has 3 aromatic carbocycles. The molecule has 1 atom stereocenters. The van der Waals surface area contributed by atoms with E-state index in [1.165, 1.54) is 6.08 Å². The monoisotopic (exact) mass is 403 g/mol. The van der Waals surface area contributed by atoms with Gasteiger partial charge in [-0.15, -0.1) is 0 Å². The first-order chi connectivity index (χ1) is 14.5. The molecule has 0 saturated heterocycles. The van der Waals surface area contributed by atoms with Crippen LogP contribution in [0.15, 0.2) is 72.8 Å². The van der Waals surface area contributed by atoms with E-state index in [0.717, 1.165) is 34.1 Å². The Morgan fingerprint density at radius 1 is 1.00 bits per heavy atom. The average Bonchev–Trinajstić information content (AvgIpc) is 2.77. The van der Waals surface area contributed by atoms with E-state index in [1.807, 2.05) is 66.7 Å². The smallest absolute Gasteiger partial charge is 0.331 e. The summed E-state index contributed by atoms with van der Waals surface area (Å²) in [6, 6.07) is 21.5. The summed E-state index contributed by atoms with van der Waals surface area (Å²) in [5.74, 6) is -0.0757. The molecular weight excluding hydrogens is 378 g/mol. The van der Waals surface area contributed by atoms with Crippen LogP contribution in [0.1, 0.15) is 18.1 Å². The van der Waals surface area contributed by atoms with Gasteiger partial charge in [0, 0.05) is 12.6 Å². The summed E-state index contributed by atoms with van der Waals surface area (Å²) in [5.41, 5.74) is 2.00. The van der Waals surface area contributed by atoms with Crippen LogP contribution in [0, 0.1) is 0 Å². The number of methoxy groups -OCH3 is 1. The molecule has 0 aliphatic carbocycles. The van der Waals surface area contributed by atoms with Crippen LogP contribution in [0.25, 0.3) is 16.8 Å². The van der Waals surface area contributed by atoms with Crippen molar-refractivity contribution in [2.75, 3.05) is 13.7 Å². The van der Waals surface area contributed by atoms with Gasteiger partial charge in [-0.1, -0.05) is 48.5 Å².